The third-order valence-corrected chi connectivity index (χ3v) is 26.7. The van der Waals surface area contributed by atoms with E-state index in [2.05, 4.69) is 436 Å². The Morgan fingerprint density at radius 2 is 0.756 bits per heavy atom. The lowest BCUT2D eigenvalue weighted by Crippen LogP contribution is -2.72. The molecule has 0 amide bonds. The van der Waals surface area contributed by atoms with Crippen molar-refractivity contribution >= 4 is 65.8 Å². The number of fused-ring (bicyclic) bond motifs is 9. The van der Waals surface area contributed by atoms with Crippen LogP contribution in [0.5, 0.6) is 0 Å². The molecule has 0 saturated carbocycles. The van der Waals surface area contributed by atoms with Crippen molar-refractivity contribution in [1.29, 1.82) is 0 Å². The Bertz CT molecular complexity index is 6470. The number of nitrogens with zero attached hydrogens (tertiary/aromatic N) is 10. The first-order valence-electron chi connectivity index (χ1n) is 49.1. The standard InChI is InChI=1S/C33H41BN3.2C31H37BN3.C19H26N/c1-22(2)21-37-30-16-12-13-25(7)31(30)33-35(8)17-18-36(33)34(37)32-28(23(3)4)19-27(20-29(32)24(5)6)26-14-10-9-11-15-26;1-20(2)25-15-11-16-26(21(3)4)29(25)32-34-19-18-33(8)31(34)28-22(5)12-10-17-27(28)35(32)30-23(6)13-9-14-24(30)7;1-20(2)25-15-11-16-26(21(3)4)30(25)35-27-17-10-12-22(5)28(27)31-33(8)18-19-34(31)32(35)29-23(6)13-9-14-24(29)7;1-13-8-9-16(14(2)10-13)18-11-17(19(4,5)6)15(3)12-20(18)7/h9-20,22-24H,21H2,1-8H3;2*9-21H,1-8H3;8-12H,1-7H3/q4*+1/i;;;1D3,3D2. The van der Waals surface area contributed by atoms with Gasteiger partial charge in [-0.3, -0.25) is 13.4 Å². The van der Waals surface area contributed by atoms with Gasteiger partial charge in [0.05, 0.1) is 37.8 Å². The van der Waals surface area contributed by atoms with Gasteiger partial charge in [-0.25, -0.2) is 18.3 Å². The number of para-hydroxylation sites is 2. The summed E-state index contributed by atoms with van der Waals surface area (Å²) in [5, 5.41) is 0. The average Bonchev–Trinajstić information content (AvgIpc) is 1.39. The van der Waals surface area contributed by atoms with Crippen LogP contribution in [0.1, 0.15) is 255 Å². The molecule has 127 heavy (non-hydrogen) atoms. The Morgan fingerprint density at radius 1 is 0.362 bits per heavy atom. The molecule has 3 aliphatic heterocycles. The predicted octanol–water partition coefficient (Wildman–Crippen LogP) is 24.4. The number of anilines is 5. The maximum atomic E-state index is 7.84. The summed E-state index contributed by atoms with van der Waals surface area (Å²) in [5.41, 5.74) is 39.8. The highest BCUT2D eigenvalue weighted by Gasteiger charge is 2.52. The average molecular weight is 1690 g/mol. The van der Waals surface area contributed by atoms with Gasteiger partial charge in [0, 0.05) is 75.4 Å². The van der Waals surface area contributed by atoms with E-state index in [4.69, 9.17) is 6.85 Å². The van der Waals surface area contributed by atoms with E-state index in [1.807, 2.05) is 36.9 Å². The first-order valence-corrected chi connectivity index (χ1v) is 46.4. The van der Waals surface area contributed by atoms with E-state index in [9.17, 15) is 0 Å². The largest absolute Gasteiger partial charge is 0.542 e. The highest BCUT2D eigenvalue weighted by molar-refractivity contribution is 6.73. The van der Waals surface area contributed by atoms with Crippen molar-refractivity contribution < 1.29 is 24.9 Å². The molecule has 3 aliphatic rings. The summed E-state index contributed by atoms with van der Waals surface area (Å²) < 4.78 is 54.7. The van der Waals surface area contributed by atoms with E-state index in [0.29, 0.717) is 52.6 Å². The van der Waals surface area contributed by atoms with Crippen LogP contribution >= 0.6 is 0 Å². The van der Waals surface area contributed by atoms with Crippen LogP contribution in [-0.4, -0.2) is 41.2 Å². The van der Waals surface area contributed by atoms with E-state index in [0.717, 1.165) is 28.9 Å². The van der Waals surface area contributed by atoms with Crippen molar-refractivity contribution in [2.45, 2.75) is 228 Å². The SMILES string of the molecule is Cc1cccc(C)c1B1N(c2c(C(C)C)cccc2C(C)C)c2cccc(C)c2-c2n(C)cc[n+]21.Cc1cccc2c1-c1n(C)cc[n+]1B(c1c(C(C)C)cc(-c3ccccc3)cc1C(C)C)N2CC(C)C.Cc1cccc2c1-c1n(C)cc[n+]1B(c1c(C(C)C)cccc1C(C)C)N2c1c(C)cccc1C.[2H]C([2H])c1c[n+](C)c(-c2ccc(C([2H])([2H])[2H])cc2C)cc1C(C)(C)C. The van der Waals surface area contributed by atoms with Crippen LogP contribution in [0.3, 0.4) is 0 Å². The lowest BCUT2D eigenvalue weighted by Gasteiger charge is -2.38. The molecule has 0 bridgehead atoms. The molecule has 0 saturated heterocycles. The van der Waals surface area contributed by atoms with Crippen LogP contribution in [0.4, 0.5) is 28.4 Å². The fraction of sp³-hybridized carbons (Fsp3) is 0.351. The predicted molar refractivity (Wildman–Crippen MR) is 543 cm³/mol. The van der Waals surface area contributed by atoms with Gasteiger partial charge in [0.1, 0.15) is 44.2 Å². The zero-order valence-corrected chi connectivity index (χ0v) is 81.5. The van der Waals surface area contributed by atoms with Crippen molar-refractivity contribution in [3.8, 4) is 56.5 Å². The molecule has 0 N–H and O–H groups in total. The zero-order valence-electron chi connectivity index (χ0n) is 86.5. The number of aryl methyl sites for hydroxylation is 14. The Kier molecular flexibility index (Phi) is 24.8. The van der Waals surface area contributed by atoms with Crippen LogP contribution in [0.2, 0.25) is 0 Å². The van der Waals surface area contributed by atoms with Crippen LogP contribution < -0.4 is 48.8 Å². The third kappa shape index (κ3) is 17.4. The number of hydrogen-bond donors (Lipinski definition) is 0. The van der Waals surface area contributed by atoms with Gasteiger partial charge >= 0.3 is 20.9 Å². The molecule has 652 valence electrons. The topological polar surface area (TPSA) is 40.0 Å². The number of rotatable bonds is 15. The van der Waals surface area contributed by atoms with Crippen LogP contribution in [0, 0.1) is 75.0 Å². The quantitative estimate of drug-likeness (QED) is 0.0759. The van der Waals surface area contributed by atoms with Crippen molar-refractivity contribution in [2.24, 2.45) is 34.1 Å². The highest BCUT2D eigenvalue weighted by Crippen LogP contribution is 2.48. The van der Waals surface area contributed by atoms with E-state index in [-0.39, 0.29) is 26.4 Å². The second-order valence-electron chi connectivity index (χ2n) is 39.7. The Morgan fingerprint density at radius 3 is 1.19 bits per heavy atom. The first kappa shape index (κ1) is 85.0. The fourth-order valence-corrected chi connectivity index (χ4v) is 20.6. The Labute approximate surface area is 771 Å². The zero-order chi connectivity index (χ0) is 95.6. The van der Waals surface area contributed by atoms with Crippen molar-refractivity contribution in [1.82, 2.24) is 13.7 Å². The molecular formula is C114H141B3N10+4. The molecule has 0 unspecified atom stereocenters. The molecule has 0 atom stereocenters. The van der Waals surface area contributed by atoms with Gasteiger partial charge in [-0.2, -0.15) is 0 Å². The second-order valence-corrected chi connectivity index (χ2v) is 39.7. The molecule has 0 fully saturated rings. The van der Waals surface area contributed by atoms with Crippen molar-refractivity contribution in [3.63, 3.8) is 0 Å². The molecule has 0 aliphatic carbocycles. The number of benzene rings is 10. The highest BCUT2D eigenvalue weighted by atomic mass is 15.3. The van der Waals surface area contributed by atoms with E-state index in [1.165, 1.54) is 162 Å². The molecule has 17 rings (SSSR count). The van der Waals surface area contributed by atoms with Gasteiger partial charge in [-0.05, 0) is 235 Å². The fourth-order valence-electron chi connectivity index (χ4n) is 20.6. The summed E-state index contributed by atoms with van der Waals surface area (Å²) in [6, 6.07) is 70.5. The van der Waals surface area contributed by atoms with Crippen molar-refractivity contribution in [3.05, 3.63) is 332 Å². The van der Waals surface area contributed by atoms with E-state index < -0.39 is 13.7 Å². The first-order chi connectivity index (χ1) is 62.4. The maximum Gasteiger partial charge on any atom is 0.542 e. The van der Waals surface area contributed by atoms with Gasteiger partial charge in [0.25, 0.3) is 17.5 Å². The van der Waals surface area contributed by atoms with Gasteiger partial charge in [-0.15, -0.1) is 0 Å². The van der Waals surface area contributed by atoms with Gasteiger partial charge in [0.15, 0.2) is 6.20 Å². The number of aromatic nitrogens is 7. The Hall–Kier alpha value is -11.4. The normalized spacial score (nSPS) is 13.5. The van der Waals surface area contributed by atoms with Crippen molar-refractivity contribution in [2.75, 3.05) is 21.0 Å². The number of imidazole rings is 3. The third-order valence-electron chi connectivity index (χ3n) is 26.7. The second kappa shape index (κ2) is 37.1. The minimum atomic E-state index is -2.12. The molecule has 4 aromatic heterocycles. The maximum absolute atomic E-state index is 7.84. The van der Waals surface area contributed by atoms with Gasteiger partial charge < -0.3 is 14.4 Å². The van der Waals surface area contributed by atoms with Crippen LogP contribution in [-0.2, 0) is 33.6 Å². The van der Waals surface area contributed by atoms with Crippen LogP contribution in [0.25, 0.3) is 56.5 Å². The van der Waals surface area contributed by atoms with Crippen LogP contribution in [0.15, 0.2) is 238 Å². The molecule has 10 aromatic carbocycles. The Balaban J connectivity index is 0.000000143. The molecule has 0 radical (unpaired) electrons. The summed E-state index contributed by atoms with van der Waals surface area (Å²) in [7, 11) is 8.42. The van der Waals surface area contributed by atoms with Gasteiger partial charge in [0.2, 0.25) is 5.69 Å². The summed E-state index contributed by atoms with van der Waals surface area (Å²) >= 11 is 0. The molecule has 13 heteroatoms. The summed E-state index contributed by atoms with van der Waals surface area (Å²) in [6.45, 7) is 54.5. The molecule has 14 aromatic rings. The summed E-state index contributed by atoms with van der Waals surface area (Å²) in [4.78, 5) is 7.94. The summed E-state index contributed by atoms with van der Waals surface area (Å²) in [5.74, 6) is 6.84. The minimum Gasteiger partial charge on any atom is -0.369 e. The lowest BCUT2D eigenvalue weighted by atomic mass is 9.57. The smallest absolute Gasteiger partial charge is 0.369 e. The summed E-state index contributed by atoms with van der Waals surface area (Å²) in [6.07, 6.45) is 15.3. The molecule has 7 heterocycles. The molecule has 0 spiro atoms. The molecule has 10 nitrogen and oxygen atoms in total. The lowest BCUT2D eigenvalue weighted by molar-refractivity contribution is -0.660. The van der Waals surface area contributed by atoms with E-state index in [1.54, 1.807) is 12.1 Å². The van der Waals surface area contributed by atoms with E-state index >= 15 is 0 Å². The number of hydrogen-bond acceptors (Lipinski definition) is 3. The molecular weight excluding hydrogens is 1540 g/mol. The van der Waals surface area contributed by atoms with Gasteiger partial charge in [-0.1, -0.05) is 287 Å². The number of pyridine rings is 1. The monoisotopic (exact) mass is 1690 g/mol. The minimum absolute atomic E-state index is 0.0244.